The van der Waals surface area contributed by atoms with Crippen molar-refractivity contribution in [2.45, 2.75) is 57.7 Å². The molecule has 4 nitrogen and oxygen atoms in total. The van der Waals surface area contributed by atoms with Crippen molar-refractivity contribution in [2.75, 3.05) is 6.61 Å². The van der Waals surface area contributed by atoms with Crippen LogP contribution in [-0.4, -0.2) is 17.3 Å². The van der Waals surface area contributed by atoms with E-state index in [-0.39, 0.29) is 12.3 Å². The second-order valence-corrected chi connectivity index (χ2v) is 10.5. The molecule has 2 aliphatic rings. The SMILES string of the molecule is CCCCCCCOc1ccc([C@H]2Oc3ccc(Br)cc3[C@H]3CC(c4ccc(Cl)cc4)=NN32)cc1. The van der Waals surface area contributed by atoms with Gasteiger partial charge in [0.05, 0.1) is 18.4 Å². The van der Waals surface area contributed by atoms with Gasteiger partial charge in [-0.2, -0.15) is 5.10 Å². The third-order valence-corrected chi connectivity index (χ3v) is 7.36. The van der Waals surface area contributed by atoms with Crippen LogP contribution in [-0.2, 0) is 0 Å². The van der Waals surface area contributed by atoms with Crippen LogP contribution in [0, 0.1) is 0 Å². The first-order valence-corrected chi connectivity index (χ1v) is 13.6. The van der Waals surface area contributed by atoms with Gasteiger partial charge in [-0.05, 0) is 66.6 Å². The third-order valence-electron chi connectivity index (χ3n) is 6.61. The van der Waals surface area contributed by atoms with Crippen LogP contribution in [0.25, 0.3) is 0 Å². The molecule has 2 heterocycles. The summed E-state index contributed by atoms with van der Waals surface area (Å²) in [6, 6.07) is 22.5. The summed E-state index contributed by atoms with van der Waals surface area (Å²) in [5.41, 5.74) is 4.32. The first-order chi connectivity index (χ1) is 17.1. The van der Waals surface area contributed by atoms with E-state index in [1.165, 1.54) is 25.7 Å². The number of nitrogens with zero attached hydrogens (tertiary/aromatic N) is 2. The molecule has 0 unspecified atom stereocenters. The van der Waals surface area contributed by atoms with Gasteiger partial charge in [0.2, 0.25) is 6.23 Å². The van der Waals surface area contributed by atoms with Crippen molar-refractivity contribution in [2.24, 2.45) is 5.10 Å². The van der Waals surface area contributed by atoms with Crippen molar-refractivity contribution < 1.29 is 9.47 Å². The zero-order valence-corrected chi connectivity index (χ0v) is 22.3. The lowest BCUT2D eigenvalue weighted by molar-refractivity contribution is -0.0191. The highest BCUT2D eigenvalue weighted by Crippen LogP contribution is 2.48. The Balaban J connectivity index is 1.36. The minimum atomic E-state index is -0.304. The number of ether oxygens (including phenoxy) is 2. The molecule has 2 atom stereocenters. The van der Waals surface area contributed by atoms with E-state index in [2.05, 4.69) is 46.1 Å². The predicted molar refractivity (Wildman–Crippen MR) is 145 cm³/mol. The molecule has 0 radical (unpaired) electrons. The monoisotopic (exact) mass is 552 g/mol. The molecule has 0 saturated heterocycles. The van der Waals surface area contributed by atoms with E-state index in [1.807, 2.05) is 48.5 Å². The van der Waals surface area contributed by atoms with E-state index in [9.17, 15) is 0 Å². The van der Waals surface area contributed by atoms with Gasteiger partial charge < -0.3 is 9.47 Å². The second kappa shape index (κ2) is 11.0. The average molecular weight is 554 g/mol. The summed E-state index contributed by atoms with van der Waals surface area (Å²) in [6.07, 6.45) is 6.67. The summed E-state index contributed by atoms with van der Waals surface area (Å²) in [5.74, 6) is 1.80. The van der Waals surface area contributed by atoms with Crippen LogP contribution in [0.3, 0.4) is 0 Å². The van der Waals surface area contributed by atoms with Crippen LogP contribution < -0.4 is 9.47 Å². The first-order valence-electron chi connectivity index (χ1n) is 12.4. The van der Waals surface area contributed by atoms with E-state index >= 15 is 0 Å². The molecule has 3 aromatic carbocycles. The molecule has 0 bridgehead atoms. The Bertz CT molecular complexity index is 1180. The van der Waals surface area contributed by atoms with Crippen molar-refractivity contribution in [1.29, 1.82) is 0 Å². The Morgan fingerprint density at radius 3 is 2.54 bits per heavy atom. The van der Waals surface area contributed by atoms with E-state index < -0.39 is 0 Å². The maximum atomic E-state index is 6.50. The quantitative estimate of drug-likeness (QED) is 0.249. The molecule has 0 amide bonds. The van der Waals surface area contributed by atoms with Crippen molar-refractivity contribution in [3.63, 3.8) is 0 Å². The topological polar surface area (TPSA) is 34.1 Å². The maximum Gasteiger partial charge on any atom is 0.213 e. The molecule has 0 fully saturated rings. The van der Waals surface area contributed by atoms with E-state index in [1.54, 1.807) is 0 Å². The number of fused-ring (bicyclic) bond motifs is 3. The van der Waals surface area contributed by atoms with Gasteiger partial charge in [0.1, 0.15) is 11.5 Å². The molecule has 2 aliphatic heterocycles. The number of benzene rings is 3. The molecule has 0 spiro atoms. The molecule has 3 aromatic rings. The number of rotatable bonds is 9. The number of hydrazone groups is 1. The van der Waals surface area contributed by atoms with Crippen LogP contribution in [0.1, 0.15) is 74.4 Å². The highest BCUT2D eigenvalue weighted by atomic mass is 79.9. The summed E-state index contributed by atoms with van der Waals surface area (Å²) in [7, 11) is 0. The minimum Gasteiger partial charge on any atom is -0.494 e. The number of halogens is 2. The van der Waals surface area contributed by atoms with Crippen molar-refractivity contribution >= 4 is 33.2 Å². The molecule has 5 rings (SSSR count). The Labute approximate surface area is 221 Å². The van der Waals surface area contributed by atoms with Crippen LogP contribution in [0.2, 0.25) is 5.02 Å². The fourth-order valence-electron chi connectivity index (χ4n) is 4.72. The molecular formula is C29H30BrClN2O2. The van der Waals surface area contributed by atoms with Crippen LogP contribution >= 0.6 is 27.5 Å². The number of hydrogen-bond acceptors (Lipinski definition) is 4. The Morgan fingerprint density at radius 2 is 1.77 bits per heavy atom. The van der Waals surface area contributed by atoms with E-state index in [0.717, 1.165) is 62.8 Å². The fraction of sp³-hybridized carbons (Fsp3) is 0.345. The normalized spacial score (nSPS) is 18.5. The van der Waals surface area contributed by atoms with E-state index in [0.29, 0.717) is 0 Å². The molecule has 182 valence electrons. The summed E-state index contributed by atoms with van der Waals surface area (Å²) < 4.78 is 13.5. The fourth-order valence-corrected chi connectivity index (χ4v) is 5.22. The largest absolute Gasteiger partial charge is 0.494 e. The maximum absolute atomic E-state index is 6.50. The average Bonchev–Trinajstić information content (AvgIpc) is 3.32. The molecular weight excluding hydrogens is 524 g/mol. The highest BCUT2D eigenvalue weighted by Gasteiger charge is 2.41. The lowest BCUT2D eigenvalue weighted by Crippen LogP contribution is -2.33. The smallest absolute Gasteiger partial charge is 0.213 e. The second-order valence-electron chi connectivity index (χ2n) is 9.14. The highest BCUT2D eigenvalue weighted by molar-refractivity contribution is 9.10. The summed E-state index contributed by atoms with van der Waals surface area (Å²) >= 11 is 9.74. The van der Waals surface area contributed by atoms with Crippen LogP contribution in [0.4, 0.5) is 0 Å². The number of hydrogen-bond donors (Lipinski definition) is 0. The van der Waals surface area contributed by atoms with Crippen molar-refractivity contribution in [3.05, 3.63) is 92.9 Å². The van der Waals surface area contributed by atoms with Gasteiger partial charge in [-0.3, -0.25) is 0 Å². The van der Waals surface area contributed by atoms with Gasteiger partial charge in [-0.25, -0.2) is 5.01 Å². The Kier molecular flexibility index (Phi) is 7.64. The summed E-state index contributed by atoms with van der Waals surface area (Å²) in [6.45, 7) is 2.99. The lowest BCUT2D eigenvalue weighted by atomic mass is 9.96. The minimum absolute atomic E-state index is 0.103. The van der Waals surface area contributed by atoms with Crippen molar-refractivity contribution in [3.8, 4) is 11.5 Å². The van der Waals surface area contributed by atoms with Gasteiger partial charge in [0, 0.05) is 27.0 Å². The first kappa shape index (κ1) is 24.2. The standard InChI is InChI=1S/C29H30BrClN2O2/c1-2-3-4-5-6-17-34-24-14-9-21(10-15-24)29-33-27(25-18-22(30)11-16-28(25)35-29)19-26(32-33)20-7-12-23(31)13-8-20/h7-16,18,27,29H,2-6,17,19H2,1H3/t27-,29-/m1/s1. The molecule has 6 heteroatoms. The molecule has 35 heavy (non-hydrogen) atoms. The summed E-state index contributed by atoms with van der Waals surface area (Å²) in [4.78, 5) is 0. The zero-order valence-electron chi connectivity index (χ0n) is 19.9. The van der Waals surface area contributed by atoms with Gasteiger partial charge in [0.15, 0.2) is 0 Å². The lowest BCUT2D eigenvalue weighted by Gasteiger charge is -2.38. The third kappa shape index (κ3) is 5.52. The predicted octanol–water partition coefficient (Wildman–Crippen LogP) is 8.69. The van der Waals surface area contributed by atoms with Gasteiger partial charge in [0.25, 0.3) is 0 Å². The van der Waals surface area contributed by atoms with Gasteiger partial charge >= 0.3 is 0 Å². The van der Waals surface area contributed by atoms with Crippen LogP contribution in [0.15, 0.2) is 76.3 Å². The molecule has 0 saturated carbocycles. The molecule has 0 aliphatic carbocycles. The number of unbranched alkanes of at least 4 members (excludes halogenated alkanes) is 4. The van der Waals surface area contributed by atoms with Crippen molar-refractivity contribution in [1.82, 2.24) is 5.01 Å². The molecule has 0 N–H and O–H groups in total. The van der Waals surface area contributed by atoms with Gasteiger partial charge in [-0.15, -0.1) is 0 Å². The Hall–Kier alpha value is -2.50. The molecule has 0 aromatic heterocycles. The van der Waals surface area contributed by atoms with Crippen LogP contribution in [0.5, 0.6) is 11.5 Å². The van der Waals surface area contributed by atoms with Gasteiger partial charge in [-0.1, -0.05) is 72.3 Å². The summed E-state index contributed by atoms with van der Waals surface area (Å²) in [5, 5.41) is 7.86. The van der Waals surface area contributed by atoms with E-state index in [4.69, 9.17) is 26.2 Å². The Morgan fingerprint density at radius 1 is 1.00 bits per heavy atom. The zero-order chi connectivity index (χ0) is 24.2.